The molecule has 3 nitrogen and oxygen atoms in total. The third-order valence-electron chi connectivity index (χ3n) is 2.63. The van der Waals surface area contributed by atoms with E-state index in [4.69, 9.17) is 0 Å². The van der Waals surface area contributed by atoms with Gasteiger partial charge in [-0.1, -0.05) is 36.9 Å². The van der Waals surface area contributed by atoms with Crippen LogP contribution in [-0.2, 0) is 4.79 Å². The van der Waals surface area contributed by atoms with Crippen molar-refractivity contribution >= 4 is 22.6 Å². The molecule has 0 saturated heterocycles. The van der Waals surface area contributed by atoms with Crippen LogP contribution >= 0.6 is 0 Å². The molecule has 2 rings (SSSR count). The van der Waals surface area contributed by atoms with Crippen molar-refractivity contribution in [2.24, 2.45) is 0 Å². The van der Waals surface area contributed by atoms with Gasteiger partial charge in [0, 0.05) is 11.1 Å². The molecule has 0 aliphatic heterocycles. The Morgan fingerprint density at radius 3 is 2.39 bits per heavy atom. The van der Waals surface area contributed by atoms with Gasteiger partial charge >= 0.3 is 0 Å². The van der Waals surface area contributed by atoms with Gasteiger partial charge < -0.3 is 0 Å². The van der Waals surface area contributed by atoms with Crippen LogP contribution in [0.25, 0.3) is 10.8 Å². The minimum atomic E-state index is -0.451. The Labute approximate surface area is 105 Å². The molecule has 90 valence electrons. The third kappa shape index (κ3) is 2.46. The van der Waals surface area contributed by atoms with E-state index >= 15 is 0 Å². The van der Waals surface area contributed by atoms with Crippen LogP contribution in [0.4, 0.5) is 0 Å². The molecule has 0 heterocycles. The van der Waals surface area contributed by atoms with E-state index in [1.807, 2.05) is 30.3 Å². The molecule has 0 spiro atoms. The number of benzene rings is 2. The van der Waals surface area contributed by atoms with E-state index < -0.39 is 11.8 Å². The smallest absolute Gasteiger partial charge is 0.258 e. The van der Waals surface area contributed by atoms with Gasteiger partial charge in [0.15, 0.2) is 0 Å². The summed E-state index contributed by atoms with van der Waals surface area (Å²) in [5, 5.41) is 4.30. The van der Waals surface area contributed by atoms with Crippen molar-refractivity contribution in [3.05, 3.63) is 60.2 Å². The molecule has 2 aromatic rings. The van der Waals surface area contributed by atoms with Crippen LogP contribution in [0.5, 0.6) is 0 Å². The minimum Gasteiger partial charge on any atom is -0.288 e. The maximum atomic E-state index is 11.8. The molecule has 0 atom stereocenters. The first-order valence-electron chi connectivity index (χ1n) is 5.58. The fourth-order valence-electron chi connectivity index (χ4n) is 1.61. The quantitative estimate of drug-likeness (QED) is 0.819. The molecule has 0 fully saturated rings. The van der Waals surface area contributed by atoms with Crippen LogP contribution in [0.2, 0.25) is 0 Å². The second-order valence-corrected chi connectivity index (χ2v) is 4.13. The lowest BCUT2D eigenvalue weighted by Gasteiger charge is -2.05. The monoisotopic (exact) mass is 239 g/mol. The van der Waals surface area contributed by atoms with Crippen molar-refractivity contribution in [3.8, 4) is 0 Å². The van der Waals surface area contributed by atoms with Crippen LogP contribution in [0.1, 0.15) is 17.3 Å². The van der Waals surface area contributed by atoms with Crippen LogP contribution in [0.3, 0.4) is 0 Å². The van der Waals surface area contributed by atoms with Gasteiger partial charge in [-0.05, 0) is 29.8 Å². The highest BCUT2D eigenvalue weighted by atomic mass is 16.2. The second-order valence-electron chi connectivity index (χ2n) is 4.13. The molecular weight excluding hydrogens is 226 g/mol. The van der Waals surface area contributed by atoms with Crippen molar-refractivity contribution in [3.63, 3.8) is 0 Å². The average molecular weight is 239 g/mol. The topological polar surface area (TPSA) is 46.2 Å². The summed E-state index contributed by atoms with van der Waals surface area (Å²) in [6.07, 6.45) is 0. The predicted octanol–water partition coefficient (Wildman–Crippen LogP) is 2.67. The number of rotatable bonds is 2. The molecule has 3 heteroatoms. The summed E-state index contributed by atoms with van der Waals surface area (Å²) >= 11 is 0. The Morgan fingerprint density at radius 1 is 1.06 bits per heavy atom. The van der Waals surface area contributed by atoms with Gasteiger partial charge in [0.25, 0.3) is 11.8 Å². The molecule has 2 amide bonds. The number of amides is 2. The Hall–Kier alpha value is -2.42. The second kappa shape index (κ2) is 4.84. The highest BCUT2D eigenvalue weighted by Gasteiger charge is 2.10. The summed E-state index contributed by atoms with van der Waals surface area (Å²) in [6.45, 7) is 5.05. The maximum absolute atomic E-state index is 11.8. The summed E-state index contributed by atoms with van der Waals surface area (Å²) in [5.41, 5.74) is 0.771. The molecule has 0 aliphatic rings. The first kappa shape index (κ1) is 12.0. The van der Waals surface area contributed by atoms with Crippen molar-refractivity contribution in [2.45, 2.75) is 6.92 Å². The molecular formula is C15H13NO2. The van der Waals surface area contributed by atoms with Crippen molar-refractivity contribution in [1.29, 1.82) is 0 Å². The molecule has 2 aromatic carbocycles. The van der Waals surface area contributed by atoms with Crippen LogP contribution in [-0.4, -0.2) is 11.8 Å². The Balaban J connectivity index is 2.28. The van der Waals surface area contributed by atoms with Crippen LogP contribution in [0, 0.1) is 0 Å². The summed E-state index contributed by atoms with van der Waals surface area (Å²) in [4.78, 5) is 23.2. The highest BCUT2D eigenvalue weighted by Crippen LogP contribution is 2.15. The lowest BCUT2D eigenvalue weighted by Crippen LogP contribution is -2.30. The van der Waals surface area contributed by atoms with E-state index in [0.717, 1.165) is 10.8 Å². The van der Waals surface area contributed by atoms with Crippen molar-refractivity contribution < 1.29 is 9.59 Å². The normalized spacial score (nSPS) is 10.1. The summed E-state index contributed by atoms with van der Waals surface area (Å²) in [6, 6.07) is 13.0. The summed E-state index contributed by atoms with van der Waals surface area (Å²) in [7, 11) is 0. The first-order valence-corrected chi connectivity index (χ1v) is 5.58. The molecule has 0 aliphatic carbocycles. The third-order valence-corrected chi connectivity index (χ3v) is 2.63. The van der Waals surface area contributed by atoms with E-state index in [0.29, 0.717) is 11.1 Å². The zero-order valence-electron chi connectivity index (χ0n) is 10.1. The number of carbonyl (C=O) groups excluding carboxylic acids is 2. The standard InChI is InChI=1S/C15H13NO2/c1-10(2)14(17)16-15(18)13-8-7-11-5-3-4-6-12(11)9-13/h3-9H,1H2,2H3,(H,16,17,18). The average Bonchev–Trinajstić information content (AvgIpc) is 2.37. The Morgan fingerprint density at radius 2 is 1.72 bits per heavy atom. The van der Waals surface area contributed by atoms with Gasteiger partial charge in [-0.2, -0.15) is 0 Å². The van der Waals surface area contributed by atoms with Crippen LogP contribution < -0.4 is 5.32 Å². The van der Waals surface area contributed by atoms with E-state index in [1.165, 1.54) is 0 Å². The van der Waals surface area contributed by atoms with Crippen molar-refractivity contribution in [1.82, 2.24) is 5.32 Å². The lowest BCUT2D eigenvalue weighted by molar-refractivity contribution is -0.116. The molecule has 0 bridgehead atoms. The van der Waals surface area contributed by atoms with Gasteiger partial charge in [-0.3, -0.25) is 14.9 Å². The zero-order chi connectivity index (χ0) is 13.1. The fourth-order valence-corrected chi connectivity index (χ4v) is 1.61. The van der Waals surface area contributed by atoms with E-state index in [2.05, 4.69) is 11.9 Å². The number of hydrogen-bond acceptors (Lipinski definition) is 2. The molecule has 0 unspecified atom stereocenters. The van der Waals surface area contributed by atoms with Gasteiger partial charge in [-0.25, -0.2) is 0 Å². The number of fused-ring (bicyclic) bond motifs is 1. The van der Waals surface area contributed by atoms with Crippen molar-refractivity contribution in [2.75, 3.05) is 0 Å². The highest BCUT2D eigenvalue weighted by molar-refractivity contribution is 6.10. The first-order chi connectivity index (χ1) is 8.58. The summed E-state index contributed by atoms with van der Waals surface area (Å²) in [5.74, 6) is -0.859. The molecule has 0 saturated carbocycles. The molecule has 18 heavy (non-hydrogen) atoms. The predicted molar refractivity (Wildman–Crippen MR) is 71.2 cm³/mol. The van der Waals surface area contributed by atoms with E-state index in [-0.39, 0.29) is 0 Å². The number of hydrogen-bond donors (Lipinski definition) is 1. The van der Waals surface area contributed by atoms with E-state index in [9.17, 15) is 9.59 Å². The number of carbonyl (C=O) groups is 2. The maximum Gasteiger partial charge on any atom is 0.258 e. The molecule has 0 radical (unpaired) electrons. The zero-order valence-corrected chi connectivity index (χ0v) is 10.1. The number of nitrogens with one attached hydrogen (secondary N) is 1. The van der Waals surface area contributed by atoms with Gasteiger partial charge in [-0.15, -0.1) is 0 Å². The summed E-state index contributed by atoms with van der Waals surface area (Å²) < 4.78 is 0. The van der Waals surface area contributed by atoms with Gasteiger partial charge in [0.1, 0.15) is 0 Å². The fraction of sp³-hybridized carbons (Fsp3) is 0.0667. The molecule has 0 aromatic heterocycles. The lowest BCUT2D eigenvalue weighted by atomic mass is 10.1. The van der Waals surface area contributed by atoms with E-state index in [1.54, 1.807) is 19.1 Å². The SMILES string of the molecule is C=C(C)C(=O)NC(=O)c1ccc2ccccc2c1. The minimum absolute atomic E-state index is 0.309. The Bertz CT molecular complexity index is 644. The number of imide groups is 1. The van der Waals surface area contributed by atoms with Crippen LogP contribution in [0.15, 0.2) is 54.6 Å². The Kier molecular flexibility index (Phi) is 3.24. The van der Waals surface area contributed by atoms with Gasteiger partial charge in [0.2, 0.25) is 0 Å². The largest absolute Gasteiger partial charge is 0.288 e. The molecule has 1 N–H and O–H groups in total. The van der Waals surface area contributed by atoms with Gasteiger partial charge in [0.05, 0.1) is 0 Å².